The van der Waals surface area contributed by atoms with Crippen molar-refractivity contribution >= 4 is 27.5 Å². The lowest BCUT2D eigenvalue weighted by Crippen LogP contribution is -2.07. The normalized spacial score (nSPS) is 13.4. The summed E-state index contributed by atoms with van der Waals surface area (Å²) in [6, 6.07) is 0. The molecule has 1 unspecified atom stereocenters. The molecule has 3 N–H and O–H groups in total. The van der Waals surface area contributed by atoms with Gasteiger partial charge < -0.3 is 10.8 Å². The van der Waals surface area contributed by atoms with E-state index in [4.69, 9.17) is 5.73 Å². The highest BCUT2D eigenvalue weighted by molar-refractivity contribution is 9.11. The van der Waals surface area contributed by atoms with Crippen molar-refractivity contribution < 1.29 is 5.11 Å². The number of aromatic nitrogens is 2. The van der Waals surface area contributed by atoms with E-state index >= 15 is 0 Å². The van der Waals surface area contributed by atoms with Crippen LogP contribution in [0.25, 0.3) is 0 Å². The van der Waals surface area contributed by atoms with Gasteiger partial charge >= 0.3 is 0 Å². The summed E-state index contributed by atoms with van der Waals surface area (Å²) in [6.07, 6.45) is -0.0718. The highest BCUT2D eigenvalue weighted by Crippen LogP contribution is 2.25. The van der Waals surface area contributed by atoms with Crippen LogP contribution in [0.1, 0.15) is 18.2 Å². The zero-order chi connectivity index (χ0) is 8.27. The van der Waals surface area contributed by atoms with E-state index in [2.05, 4.69) is 25.5 Å². The van der Waals surface area contributed by atoms with Gasteiger partial charge in [0.15, 0.2) is 0 Å². The van der Waals surface area contributed by atoms with E-state index in [1.165, 1.54) is 11.5 Å². The maximum Gasteiger partial charge on any atom is 0.118 e. The molecule has 11 heavy (non-hydrogen) atoms. The van der Waals surface area contributed by atoms with E-state index in [9.17, 15) is 5.11 Å². The highest BCUT2D eigenvalue weighted by Gasteiger charge is 2.13. The second-order valence-electron chi connectivity index (χ2n) is 2.03. The summed E-state index contributed by atoms with van der Waals surface area (Å²) in [7, 11) is 0. The van der Waals surface area contributed by atoms with E-state index < -0.39 is 6.10 Å². The number of nitrogens with two attached hydrogens (primary N) is 1. The minimum Gasteiger partial charge on any atom is -0.387 e. The molecule has 4 nitrogen and oxygen atoms in total. The number of rotatable bonds is 3. The van der Waals surface area contributed by atoms with Crippen molar-refractivity contribution in [2.24, 2.45) is 5.73 Å². The molecule has 0 saturated carbocycles. The van der Waals surface area contributed by atoms with Crippen LogP contribution >= 0.6 is 27.5 Å². The predicted molar refractivity (Wildman–Crippen MR) is 46.2 cm³/mol. The van der Waals surface area contributed by atoms with Gasteiger partial charge in [-0.2, -0.15) is 0 Å². The Morgan fingerprint density at radius 2 is 2.45 bits per heavy atom. The van der Waals surface area contributed by atoms with Gasteiger partial charge in [-0.15, -0.1) is 5.10 Å². The Morgan fingerprint density at radius 3 is 2.91 bits per heavy atom. The molecule has 1 heterocycles. The second-order valence-corrected chi connectivity index (χ2v) is 4.10. The molecule has 0 spiro atoms. The molecule has 0 aliphatic heterocycles. The lowest BCUT2D eigenvalue weighted by atomic mass is 10.2. The average Bonchev–Trinajstić information content (AvgIpc) is 2.36. The first kappa shape index (κ1) is 9.05. The van der Waals surface area contributed by atoms with Crippen molar-refractivity contribution in [1.29, 1.82) is 0 Å². The molecule has 6 heteroatoms. The number of nitrogens with zero attached hydrogens (tertiary/aromatic N) is 2. The third kappa shape index (κ3) is 2.19. The van der Waals surface area contributed by atoms with Gasteiger partial charge in [0.1, 0.15) is 15.6 Å². The van der Waals surface area contributed by atoms with Crippen molar-refractivity contribution in [2.45, 2.75) is 12.5 Å². The Morgan fingerprint density at radius 1 is 1.73 bits per heavy atom. The van der Waals surface area contributed by atoms with Crippen molar-refractivity contribution in [1.82, 2.24) is 9.59 Å². The van der Waals surface area contributed by atoms with E-state index in [-0.39, 0.29) is 0 Å². The van der Waals surface area contributed by atoms with Gasteiger partial charge in [0.05, 0.1) is 0 Å². The van der Waals surface area contributed by atoms with Crippen LogP contribution in [0.2, 0.25) is 0 Å². The highest BCUT2D eigenvalue weighted by atomic mass is 79.9. The van der Waals surface area contributed by atoms with E-state index in [1.54, 1.807) is 0 Å². The Kier molecular flexibility index (Phi) is 3.38. The van der Waals surface area contributed by atoms with Gasteiger partial charge in [0.25, 0.3) is 0 Å². The maximum atomic E-state index is 9.38. The fraction of sp³-hybridized carbons (Fsp3) is 0.600. The fourth-order valence-electron chi connectivity index (χ4n) is 0.679. The first-order valence-electron chi connectivity index (χ1n) is 3.11. The monoisotopic (exact) mass is 237 g/mol. The van der Waals surface area contributed by atoms with Gasteiger partial charge in [-0.25, -0.2) is 0 Å². The summed E-state index contributed by atoms with van der Waals surface area (Å²) < 4.78 is 4.45. The molecule has 1 atom stereocenters. The lowest BCUT2D eigenvalue weighted by molar-refractivity contribution is 0.165. The largest absolute Gasteiger partial charge is 0.387 e. The number of aliphatic hydroxyl groups is 1. The quantitative estimate of drug-likeness (QED) is 0.812. The standard InChI is InChI=1S/C5H8BrN3OS/c6-5-4(8-9-11-5)3(10)1-2-7/h3,10H,1-2,7H2. The van der Waals surface area contributed by atoms with Crippen LogP contribution in [0.3, 0.4) is 0 Å². The summed E-state index contributed by atoms with van der Waals surface area (Å²) in [5.41, 5.74) is 5.85. The zero-order valence-corrected chi connectivity index (χ0v) is 8.10. The molecular weight excluding hydrogens is 230 g/mol. The van der Waals surface area contributed by atoms with Crippen LogP contribution in [0, 0.1) is 0 Å². The number of halogens is 1. The van der Waals surface area contributed by atoms with Crippen molar-refractivity contribution in [2.75, 3.05) is 6.54 Å². The molecule has 0 fully saturated rings. The molecular formula is C5H8BrN3OS. The zero-order valence-electron chi connectivity index (χ0n) is 5.70. The fourth-order valence-corrected chi connectivity index (χ4v) is 1.69. The molecule has 0 amide bonds. The molecule has 0 saturated heterocycles. The van der Waals surface area contributed by atoms with Crippen LogP contribution < -0.4 is 5.73 Å². The molecule has 62 valence electrons. The Labute approximate surface area is 76.7 Å². The van der Waals surface area contributed by atoms with Gasteiger partial charge in [-0.05, 0) is 40.4 Å². The summed E-state index contributed by atoms with van der Waals surface area (Å²) in [5.74, 6) is 0. The Bertz CT molecular complexity index is 229. The van der Waals surface area contributed by atoms with Gasteiger partial charge in [-0.3, -0.25) is 0 Å². The summed E-state index contributed by atoms with van der Waals surface area (Å²) in [4.78, 5) is 0. The SMILES string of the molecule is NCCC(O)c1nnsc1Br. The van der Waals surface area contributed by atoms with Crippen LogP contribution in [0.4, 0.5) is 0 Å². The molecule has 0 aliphatic carbocycles. The smallest absolute Gasteiger partial charge is 0.118 e. The predicted octanol–water partition coefficient (Wildman–Crippen LogP) is 0.683. The van der Waals surface area contributed by atoms with Crippen LogP contribution in [0.5, 0.6) is 0 Å². The Hall–Kier alpha value is -0.0400. The average molecular weight is 238 g/mol. The maximum absolute atomic E-state index is 9.38. The molecule has 0 aliphatic rings. The summed E-state index contributed by atoms with van der Waals surface area (Å²) >= 11 is 4.44. The number of hydrogen-bond donors (Lipinski definition) is 2. The minimum atomic E-state index is -0.590. The van der Waals surface area contributed by atoms with E-state index in [1.807, 2.05) is 0 Å². The summed E-state index contributed by atoms with van der Waals surface area (Å²) in [6.45, 7) is 0.450. The van der Waals surface area contributed by atoms with Gasteiger partial charge in [0, 0.05) is 0 Å². The second kappa shape index (κ2) is 4.10. The third-order valence-electron chi connectivity index (χ3n) is 1.23. The van der Waals surface area contributed by atoms with Gasteiger partial charge in [0.2, 0.25) is 0 Å². The van der Waals surface area contributed by atoms with Crippen LogP contribution in [0.15, 0.2) is 3.79 Å². The first-order valence-corrected chi connectivity index (χ1v) is 4.68. The minimum absolute atomic E-state index is 0.450. The van der Waals surface area contributed by atoms with Crippen molar-refractivity contribution in [3.63, 3.8) is 0 Å². The third-order valence-corrected chi connectivity index (χ3v) is 2.60. The molecule has 0 bridgehead atoms. The molecule has 1 rings (SSSR count). The molecule has 0 radical (unpaired) electrons. The topological polar surface area (TPSA) is 72.0 Å². The van der Waals surface area contributed by atoms with E-state index in [0.29, 0.717) is 18.7 Å². The number of hydrogen-bond acceptors (Lipinski definition) is 5. The van der Waals surface area contributed by atoms with E-state index in [0.717, 1.165) is 3.79 Å². The summed E-state index contributed by atoms with van der Waals surface area (Å²) in [5, 5.41) is 13.1. The molecule has 0 aromatic carbocycles. The number of aliphatic hydroxyl groups excluding tert-OH is 1. The van der Waals surface area contributed by atoms with Crippen LogP contribution in [-0.4, -0.2) is 21.2 Å². The molecule has 1 aromatic heterocycles. The lowest BCUT2D eigenvalue weighted by Gasteiger charge is -2.03. The van der Waals surface area contributed by atoms with Crippen LogP contribution in [-0.2, 0) is 0 Å². The van der Waals surface area contributed by atoms with Crippen molar-refractivity contribution in [3.05, 3.63) is 9.48 Å². The first-order chi connectivity index (χ1) is 5.25. The van der Waals surface area contributed by atoms with Gasteiger partial charge in [-0.1, -0.05) is 4.49 Å². The van der Waals surface area contributed by atoms with Crippen molar-refractivity contribution in [3.8, 4) is 0 Å². The molecule has 1 aromatic rings. The Balaban J connectivity index is 2.67.